The van der Waals surface area contributed by atoms with Crippen molar-refractivity contribution in [2.45, 2.75) is 83.0 Å². The molecule has 0 saturated heterocycles. The Morgan fingerprint density at radius 1 is 1.27 bits per heavy atom. The predicted molar refractivity (Wildman–Crippen MR) is 90.0 cm³/mol. The molecule has 22 heavy (non-hydrogen) atoms. The van der Waals surface area contributed by atoms with E-state index < -0.39 is 0 Å². The summed E-state index contributed by atoms with van der Waals surface area (Å²) in [5.74, 6) is 1.60. The molecule has 5 nitrogen and oxygen atoms in total. The number of nitrogens with one attached hydrogen (secondary N) is 1. The highest BCUT2D eigenvalue weighted by atomic mass is 32.2. The van der Waals surface area contributed by atoms with Crippen LogP contribution < -0.4 is 5.32 Å². The van der Waals surface area contributed by atoms with Crippen LogP contribution in [0.4, 0.5) is 0 Å². The summed E-state index contributed by atoms with van der Waals surface area (Å²) in [7, 11) is 0. The van der Waals surface area contributed by atoms with Crippen molar-refractivity contribution in [2.75, 3.05) is 5.75 Å². The highest BCUT2D eigenvalue weighted by molar-refractivity contribution is 7.99. The number of thioether (sulfide) groups is 1. The van der Waals surface area contributed by atoms with Crippen molar-refractivity contribution in [3.63, 3.8) is 0 Å². The number of carbonyl (C=O) groups excluding carboxylic acids is 1. The van der Waals surface area contributed by atoms with E-state index >= 15 is 0 Å². The predicted octanol–water partition coefficient (Wildman–Crippen LogP) is 3.18. The van der Waals surface area contributed by atoms with Gasteiger partial charge in [0.2, 0.25) is 5.91 Å². The van der Waals surface area contributed by atoms with Crippen molar-refractivity contribution in [3.05, 3.63) is 5.82 Å². The van der Waals surface area contributed by atoms with Gasteiger partial charge in [0.05, 0.1) is 5.75 Å². The lowest BCUT2D eigenvalue weighted by atomic mass is 9.95. The summed E-state index contributed by atoms with van der Waals surface area (Å²) in [5.41, 5.74) is 0. The molecule has 0 spiro atoms. The molecule has 1 aromatic rings. The van der Waals surface area contributed by atoms with Gasteiger partial charge in [-0.1, -0.05) is 44.4 Å². The average Bonchev–Trinajstić information content (AvgIpc) is 2.93. The molecule has 0 bridgehead atoms. The van der Waals surface area contributed by atoms with Crippen molar-refractivity contribution in [1.82, 2.24) is 20.1 Å². The molecule has 0 aliphatic heterocycles. The quantitative estimate of drug-likeness (QED) is 0.746. The van der Waals surface area contributed by atoms with Crippen LogP contribution in [0.1, 0.15) is 64.6 Å². The van der Waals surface area contributed by atoms with Crippen molar-refractivity contribution in [3.8, 4) is 0 Å². The molecule has 124 valence electrons. The van der Waals surface area contributed by atoms with Gasteiger partial charge in [0.15, 0.2) is 5.16 Å². The molecule has 1 aromatic heterocycles. The molecule has 1 heterocycles. The van der Waals surface area contributed by atoms with Crippen LogP contribution >= 0.6 is 11.8 Å². The third-order valence-corrected chi connectivity index (χ3v) is 5.13. The third-order valence-electron chi connectivity index (χ3n) is 4.17. The van der Waals surface area contributed by atoms with E-state index in [0.29, 0.717) is 11.8 Å². The molecule has 1 amide bonds. The number of hydrogen-bond donors (Lipinski definition) is 1. The molecule has 1 fully saturated rings. The smallest absolute Gasteiger partial charge is 0.230 e. The largest absolute Gasteiger partial charge is 0.353 e. The minimum Gasteiger partial charge on any atom is -0.353 e. The fraction of sp³-hybridized carbons (Fsp3) is 0.812. The fourth-order valence-electron chi connectivity index (χ4n) is 2.91. The number of carbonyl (C=O) groups is 1. The van der Waals surface area contributed by atoms with Crippen LogP contribution in [0.5, 0.6) is 0 Å². The van der Waals surface area contributed by atoms with E-state index in [1.165, 1.54) is 31.0 Å². The monoisotopic (exact) mass is 324 g/mol. The maximum absolute atomic E-state index is 12.1. The summed E-state index contributed by atoms with van der Waals surface area (Å²) in [6, 6.07) is 0.381. The van der Waals surface area contributed by atoms with E-state index in [1.807, 2.05) is 0 Å². The molecule has 0 radical (unpaired) electrons. The Hall–Kier alpha value is -1.04. The molecule has 0 atom stereocenters. The standard InChI is InChI=1S/C16H28N4OS/c1-3-5-11-14-18-19-16(20(14)4-2)22-12-15(21)17-13-9-7-6-8-10-13/h13H,3-12H2,1-2H3,(H,17,21). The Balaban J connectivity index is 1.82. The van der Waals surface area contributed by atoms with Gasteiger partial charge in [0.25, 0.3) is 0 Å². The second kappa shape index (κ2) is 9.18. The highest BCUT2D eigenvalue weighted by Crippen LogP contribution is 2.20. The molecule has 6 heteroatoms. The summed E-state index contributed by atoms with van der Waals surface area (Å²) in [6.45, 7) is 5.14. The van der Waals surface area contributed by atoms with E-state index in [-0.39, 0.29) is 5.91 Å². The Bertz CT molecular complexity index is 469. The lowest BCUT2D eigenvalue weighted by Crippen LogP contribution is -2.37. The number of unbranched alkanes of at least 4 members (excludes halogenated alkanes) is 1. The summed E-state index contributed by atoms with van der Waals surface area (Å²) in [5, 5.41) is 12.6. The normalized spacial score (nSPS) is 15.9. The first-order valence-electron chi connectivity index (χ1n) is 8.58. The van der Waals surface area contributed by atoms with E-state index in [9.17, 15) is 4.79 Å². The van der Waals surface area contributed by atoms with Gasteiger partial charge in [-0.3, -0.25) is 4.79 Å². The fourth-order valence-corrected chi connectivity index (χ4v) is 3.74. The first-order valence-corrected chi connectivity index (χ1v) is 9.57. The number of aryl methyl sites for hydroxylation is 1. The molecule has 1 aliphatic carbocycles. The summed E-state index contributed by atoms with van der Waals surface area (Å²) >= 11 is 1.50. The van der Waals surface area contributed by atoms with E-state index in [4.69, 9.17) is 0 Å². The van der Waals surface area contributed by atoms with Crippen molar-refractivity contribution < 1.29 is 4.79 Å². The zero-order valence-corrected chi connectivity index (χ0v) is 14.6. The van der Waals surface area contributed by atoms with Crippen molar-refractivity contribution >= 4 is 17.7 Å². The summed E-state index contributed by atoms with van der Waals surface area (Å²) in [6.07, 6.45) is 9.29. The van der Waals surface area contributed by atoms with Gasteiger partial charge in [-0.2, -0.15) is 0 Å². The number of aromatic nitrogens is 3. The van der Waals surface area contributed by atoms with Gasteiger partial charge in [0.1, 0.15) is 5.82 Å². The first kappa shape index (κ1) is 17.3. The van der Waals surface area contributed by atoms with Crippen LogP contribution in [0, 0.1) is 0 Å². The third kappa shape index (κ3) is 5.00. The van der Waals surface area contributed by atoms with Crippen LogP contribution in [0.15, 0.2) is 5.16 Å². The van der Waals surface area contributed by atoms with E-state index in [1.54, 1.807) is 0 Å². The molecule has 1 saturated carbocycles. The summed E-state index contributed by atoms with van der Waals surface area (Å²) in [4.78, 5) is 12.1. The maximum atomic E-state index is 12.1. The zero-order chi connectivity index (χ0) is 15.8. The van der Waals surface area contributed by atoms with Crippen LogP contribution in [0.25, 0.3) is 0 Å². The van der Waals surface area contributed by atoms with E-state index in [2.05, 4.69) is 33.9 Å². The van der Waals surface area contributed by atoms with Crippen molar-refractivity contribution in [2.24, 2.45) is 0 Å². The molecular weight excluding hydrogens is 296 g/mol. The maximum Gasteiger partial charge on any atom is 0.230 e. The van der Waals surface area contributed by atoms with Gasteiger partial charge in [-0.15, -0.1) is 10.2 Å². The Morgan fingerprint density at radius 3 is 2.73 bits per heavy atom. The lowest BCUT2D eigenvalue weighted by Gasteiger charge is -2.22. The minimum atomic E-state index is 0.123. The van der Waals surface area contributed by atoms with Crippen LogP contribution in [-0.4, -0.2) is 32.5 Å². The van der Waals surface area contributed by atoms with Crippen LogP contribution in [0.2, 0.25) is 0 Å². The van der Waals surface area contributed by atoms with Gasteiger partial charge < -0.3 is 9.88 Å². The second-order valence-electron chi connectivity index (χ2n) is 5.94. The SMILES string of the molecule is CCCCc1nnc(SCC(=O)NC2CCCCC2)n1CC. The van der Waals surface area contributed by atoms with E-state index in [0.717, 1.165) is 49.6 Å². The summed E-state index contributed by atoms with van der Waals surface area (Å²) < 4.78 is 2.13. The zero-order valence-electron chi connectivity index (χ0n) is 13.8. The Labute approximate surface area is 137 Å². The molecule has 0 unspecified atom stereocenters. The highest BCUT2D eigenvalue weighted by Gasteiger charge is 2.17. The average molecular weight is 324 g/mol. The Morgan fingerprint density at radius 2 is 2.05 bits per heavy atom. The number of rotatable bonds is 8. The van der Waals surface area contributed by atoms with Crippen molar-refractivity contribution in [1.29, 1.82) is 0 Å². The topological polar surface area (TPSA) is 59.8 Å². The van der Waals surface area contributed by atoms with Gasteiger partial charge in [0, 0.05) is 19.0 Å². The van der Waals surface area contributed by atoms with Gasteiger partial charge >= 0.3 is 0 Å². The second-order valence-corrected chi connectivity index (χ2v) is 6.88. The lowest BCUT2D eigenvalue weighted by molar-refractivity contribution is -0.119. The number of nitrogens with zero attached hydrogens (tertiary/aromatic N) is 3. The van der Waals surface area contributed by atoms with Crippen LogP contribution in [-0.2, 0) is 17.8 Å². The van der Waals surface area contributed by atoms with Gasteiger partial charge in [-0.05, 0) is 26.2 Å². The molecule has 2 rings (SSSR count). The molecule has 1 aliphatic rings. The minimum absolute atomic E-state index is 0.123. The molecule has 1 N–H and O–H groups in total. The molecule has 0 aromatic carbocycles. The van der Waals surface area contributed by atoms with Crippen LogP contribution in [0.3, 0.4) is 0 Å². The Kier molecular flexibility index (Phi) is 7.22. The first-order chi connectivity index (χ1) is 10.7. The number of amides is 1. The number of hydrogen-bond acceptors (Lipinski definition) is 4. The van der Waals surface area contributed by atoms with Gasteiger partial charge in [-0.25, -0.2) is 0 Å². The molecular formula is C16H28N4OS.